The second-order valence-electron chi connectivity index (χ2n) is 6.39. The van der Waals surface area contributed by atoms with Crippen molar-refractivity contribution in [2.24, 2.45) is 0 Å². The molecule has 0 aliphatic rings. The SMILES string of the molecule is C[C@H](Oc1ccc(F)cc1)c1nnc(SCC(=O)c2ccc3ccccc3c2)o1. The van der Waals surface area contributed by atoms with Crippen molar-refractivity contribution in [1.29, 1.82) is 0 Å². The first kappa shape index (κ1) is 19.1. The zero-order chi connectivity index (χ0) is 20.2. The van der Waals surface area contributed by atoms with Crippen LogP contribution in [0.5, 0.6) is 5.75 Å². The smallest absolute Gasteiger partial charge is 0.277 e. The average Bonchev–Trinajstić information content (AvgIpc) is 3.22. The number of carbonyl (C=O) groups excluding carboxylic acids is 1. The van der Waals surface area contributed by atoms with Gasteiger partial charge in [-0.2, -0.15) is 0 Å². The zero-order valence-corrected chi connectivity index (χ0v) is 16.4. The molecule has 0 saturated carbocycles. The Morgan fingerprint density at radius 1 is 1.07 bits per heavy atom. The molecule has 4 aromatic rings. The van der Waals surface area contributed by atoms with E-state index in [1.54, 1.807) is 6.92 Å². The van der Waals surface area contributed by atoms with Gasteiger partial charge in [-0.15, -0.1) is 10.2 Å². The summed E-state index contributed by atoms with van der Waals surface area (Å²) in [6.45, 7) is 1.76. The molecule has 0 unspecified atom stereocenters. The number of thioether (sulfide) groups is 1. The van der Waals surface area contributed by atoms with Crippen LogP contribution < -0.4 is 4.74 Å². The summed E-state index contributed by atoms with van der Waals surface area (Å²) < 4.78 is 24.2. The van der Waals surface area contributed by atoms with Gasteiger partial charge < -0.3 is 9.15 Å². The van der Waals surface area contributed by atoms with Crippen molar-refractivity contribution >= 4 is 28.3 Å². The molecule has 3 aromatic carbocycles. The highest BCUT2D eigenvalue weighted by atomic mass is 32.2. The summed E-state index contributed by atoms with van der Waals surface area (Å²) >= 11 is 1.18. The lowest BCUT2D eigenvalue weighted by molar-refractivity contribution is 0.102. The Morgan fingerprint density at radius 3 is 2.62 bits per heavy atom. The van der Waals surface area contributed by atoms with Gasteiger partial charge in [0, 0.05) is 5.56 Å². The third-order valence-electron chi connectivity index (χ3n) is 4.29. The number of nitrogens with zero attached hydrogens (tertiary/aromatic N) is 2. The summed E-state index contributed by atoms with van der Waals surface area (Å²) in [5.41, 5.74) is 0.643. The quantitative estimate of drug-likeness (QED) is 0.298. The van der Waals surface area contributed by atoms with E-state index in [0.717, 1.165) is 10.8 Å². The fourth-order valence-electron chi connectivity index (χ4n) is 2.78. The van der Waals surface area contributed by atoms with Gasteiger partial charge in [0.25, 0.3) is 11.1 Å². The molecule has 0 fully saturated rings. The van der Waals surface area contributed by atoms with Crippen LogP contribution in [-0.2, 0) is 0 Å². The molecule has 0 radical (unpaired) electrons. The topological polar surface area (TPSA) is 65.2 Å². The normalized spacial score (nSPS) is 12.1. The summed E-state index contributed by atoms with van der Waals surface area (Å²) in [4.78, 5) is 12.5. The highest BCUT2D eigenvalue weighted by Crippen LogP contribution is 2.25. The summed E-state index contributed by atoms with van der Waals surface area (Å²) in [7, 11) is 0. The maximum Gasteiger partial charge on any atom is 0.277 e. The first-order valence-electron chi connectivity index (χ1n) is 8.99. The second kappa shape index (κ2) is 8.45. The molecule has 1 heterocycles. The van der Waals surface area contributed by atoms with Crippen LogP contribution >= 0.6 is 11.8 Å². The standard InChI is InChI=1S/C22H17FN2O3S/c1-14(27-19-10-8-18(23)9-11-19)21-24-25-22(28-21)29-13-20(26)17-7-6-15-4-2-3-5-16(15)12-17/h2-12,14H,13H2,1H3/t14-/m0/s1. The number of ether oxygens (including phenoxy) is 1. The monoisotopic (exact) mass is 408 g/mol. The molecular weight excluding hydrogens is 391 g/mol. The van der Waals surface area contributed by atoms with Crippen molar-refractivity contribution < 1.29 is 18.3 Å². The Morgan fingerprint density at radius 2 is 1.83 bits per heavy atom. The molecule has 1 atom stereocenters. The number of fused-ring (bicyclic) bond motifs is 1. The van der Waals surface area contributed by atoms with Gasteiger partial charge >= 0.3 is 0 Å². The number of rotatable bonds is 7. The summed E-state index contributed by atoms with van der Waals surface area (Å²) in [6, 6.07) is 19.2. The van der Waals surface area contributed by atoms with E-state index in [1.807, 2.05) is 42.5 Å². The van der Waals surface area contributed by atoms with Gasteiger partial charge in [-0.1, -0.05) is 48.2 Å². The van der Waals surface area contributed by atoms with Crippen LogP contribution in [-0.4, -0.2) is 21.7 Å². The van der Waals surface area contributed by atoms with Crippen LogP contribution in [0.25, 0.3) is 10.8 Å². The second-order valence-corrected chi connectivity index (χ2v) is 7.32. The van der Waals surface area contributed by atoms with Crippen LogP contribution in [0.4, 0.5) is 4.39 Å². The zero-order valence-electron chi connectivity index (χ0n) is 15.5. The van der Waals surface area contributed by atoms with E-state index in [9.17, 15) is 9.18 Å². The van der Waals surface area contributed by atoms with Crippen LogP contribution in [0.15, 0.2) is 76.4 Å². The molecule has 5 nitrogen and oxygen atoms in total. The molecule has 0 saturated heterocycles. The van der Waals surface area contributed by atoms with Gasteiger partial charge in [-0.3, -0.25) is 4.79 Å². The molecule has 29 heavy (non-hydrogen) atoms. The Kier molecular flexibility index (Phi) is 5.57. The maximum absolute atomic E-state index is 13.0. The van der Waals surface area contributed by atoms with E-state index in [4.69, 9.17) is 9.15 Å². The molecule has 146 valence electrons. The van der Waals surface area contributed by atoms with Crippen molar-refractivity contribution in [2.75, 3.05) is 5.75 Å². The first-order chi connectivity index (χ1) is 14.1. The molecule has 0 N–H and O–H groups in total. The van der Waals surface area contributed by atoms with Crippen LogP contribution in [0.1, 0.15) is 29.3 Å². The number of hydrogen-bond acceptors (Lipinski definition) is 6. The van der Waals surface area contributed by atoms with E-state index in [0.29, 0.717) is 16.5 Å². The van der Waals surface area contributed by atoms with Crippen molar-refractivity contribution in [3.05, 3.63) is 84.0 Å². The molecule has 4 rings (SSSR count). The van der Waals surface area contributed by atoms with Crippen molar-refractivity contribution in [1.82, 2.24) is 10.2 Å². The number of Topliss-reactive ketones (excluding diaryl/α,β-unsaturated/α-hetero) is 1. The summed E-state index contributed by atoms with van der Waals surface area (Å²) in [6.07, 6.45) is -0.501. The maximum atomic E-state index is 13.0. The van der Waals surface area contributed by atoms with Gasteiger partial charge in [0.15, 0.2) is 11.9 Å². The van der Waals surface area contributed by atoms with Crippen molar-refractivity contribution in [3.63, 3.8) is 0 Å². The molecular formula is C22H17FN2O3S. The van der Waals surface area contributed by atoms with E-state index in [2.05, 4.69) is 10.2 Å². The predicted octanol–water partition coefficient (Wildman–Crippen LogP) is 5.48. The Hall–Kier alpha value is -3.19. The fourth-order valence-corrected chi connectivity index (χ4v) is 3.45. The number of hydrogen-bond donors (Lipinski definition) is 0. The predicted molar refractivity (Wildman–Crippen MR) is 109 cm³/mol. The largest absolute Gasteiger partial charge is 0.481 e. The van der Waals surface area contributed by atoms with Crippen molar-refractivity contribution in [2.45, 2.75) is 18.3 Å². The van der Waals surface area contributed by atoms with Crippen LogP contribution in [0.3, 0.4) is 0 Å². The number of carbonyl (C=O) groups is 1. The molecule has 0 aliphatic heterocycles. The van der Waals surface area contributed by atoms with Crippen LogP contribution in [0, 0.1) is 5.82 Å². The molecule has 0 aliphatic carbocycles. The minimum atomic E-state index is -0.501. The van der Waals surface area contributed by atoms with Gasteiger partial charge in [0.2, 0.25) is 0 Å². The van der Waals surface area contributed by atoms with Crippen LogP contribution in [0.2, 0.25) is 0 Å². The number of halogens is 1. The van der Waals surface area contributed by atoms with E-state index in [-0.39, 0.29) is 23.2 Å². The first-order valence-corrected chi connectivity index (χ1v) is 9.97. The lowest BCUT2D eigenvalue weighted by Crippen LogP contribution is -2.03. The lowest BCUT2D eigenvalue weighted by atomic mass is 10.1. The van der Waals surface area contributed by atoms with E-state index in [1.165, 1.54) is 36.0 Å². The average molecular weight is 408 g/mol. The lowest BCUT2D eigenvalue weighted by Gasteiger charge is -2.10. The number of ketones is 1. The number of aromatic nitrogens is 2. The minimum absolute atomic E-state index is 0.0175. The molecule has 0 amide bonds. The minimum Gasteiger partial charge on any atom is -0.481 e. The number of benzene rings is 3. The van der Waals surface area contributed by atoms with Crippen molar-refractivity contribution in [3.8, 4) is 5.75 Å². The van der Waals surface area contributed by atoms with E-state index < -0.39 is 6.10 Å². The molecule has 0 spiro atoms. The third kappa shape index (κ3) is 4.63. The molecule has 7 heteroatoms. The molecule has 0 bridgehead atoms. The Bertz CT molecular complexity index is 1140. The summed E-state index contributed by atoms with van der Waals surface area (Å²) in [5, 5.41) is 10.3. The highest BCUT2D eigenvalue weighted by Gasteiger charge is 2.17. The molecule has 1 aromatic heterocycles. The van der Waals surface area contributed by atoms with Gasteiger partial charge in [0.05, 0.1) is 5.75 Å². The summed E-state index contributed by atoms with van der Waals surface area (Å²) in [5.74, 6) is 0.620. The third-order valence-corrected chi connectivity index (χ3v) is 5.11. The van der Waals surface area contributed by atoms with Gasteiger partial charge in [-0.05, 0) is 48.0 Å². The fraction of sp³-hybridized carbons (Fsp3) is 0.136. The van der Waals surface area contributed by atoms with Gasteiger partial charge in [0.1, 0.15) is 11.6 Å². The Labute approximate surface area is 170 Å². The highest BCUT2D eigenvalue weighted by molar-refractivity contribution is 7.99. The van der Waals surface area contributed by atoms with Gasteiger partial charge in [-0.25, -0.2) is 4.39 Å². The van der Waals surface area contributed by atoms with E-state index >= 15 is 0 Å². The Balaban J connectivity index is 1.36.